The Morgan fingerprint density at radius 1 is 1.11 bits per heavy atom. The van der Waals surface area contributed by atoms with E-state index < -0.39 is 0 Å². The van der Waals surface area contributed by atoms with E-state index in [0.717, 1.165) is 17.5 Å². The summed E-state index contributed by atoms with van der Waals surface area (Å²) in [5.41, 5.74) is 7.87. The van der Waals surface area contributed by atoms with Gasteiger partial charge in [-0.3, -0.25) is 0 Å². The Hall–Kier alpha value is -0.800. The Bertz CT molecular complexity index is 555. The SMILES string of the molecule is NCC(Cc1cccc(Cl)c1Cl)c1ccc(Cl)nc1. The minimum Gasteiger partial charge on any atom is -0.330 e. The van der Waals surface area contributed by atoms with Gasteiger partial charge in [-0.2, -0.15) is 0 Å². The Labute approximate surface area is 127 Å². The Morgan fingerprint density at radius 2 is 1.89 bits per heavy atom. The zero-order chi connectivity index (χ0) is 13.8. The van der Waals surface area contributed by atoms with Crippen LogP contribution in [0.3, 0.4) is 0 Å². The number of halogens is 3. The van der Waals surface area contributed by atoms with Gasteiger partial charge in [0.1, 0.15) is 5.15 Å². The van der Waals surface area contributed by atoms with Crippen LogP contribution in [-0.4, -0.2) is 11.5 Å². The molecular formula is C14H13Cl3N2. The van der Waals surface area contributed by atoms with Crippen molar-refractivity contribution in [3.05, 3.63) is 62.9 Å². The monoisotopic (exact) mass is 314 g/mol. The fraction of sp³-hybridized carbons (Fsp3) is 0.214. The first-order chi connectivity index (χ1) is 9.11. The van der Waals surface area contributed by atoms with Crippen molar-refractivity contribution in [3.63, 3.8) is 0 Å². The van der Waals surface area contributed by atoms with Crippen LogP contribution in [0.2, 0.25) is 15.2 Å². The van der Waals surface area contributed by atoms with E-state index in [0.29, 0.717) is 21.7 Å². The van der Waals surface area contributed by atoms with E-state index in [1.165, 1.54) is 0 Å². The van der Waals surface area contributed by atoms with Crippen molar-refractivity contribution >= 4 is 34.8 Å². The second-order valence-electron chi connectivity index (χ2n) is 4.26. The van der Waals surface area contributed by atoms with Crippen LogP contribution in [0.5, 0.6) is 0 Å². The molecule has 2 aromatic rings. The van der Waals surface area contributed by atoms with E-state index in [1.807, 2.05) is 18.2 Å². The first-order valence-electron chi connectivity index (χ1n) is 5.86. The standard InChI is InChI=1S/C14H13Cl3N2/c15-12-3-1-2-9(14(12)17)6-11(7-18)10-4-5-13(16)19-8-10/h1-5,8,11H,6-7,18H2. The maximum atomic E-state index is 6.20. The third-order valence-corrected chi connectivity index (χ3v) is 4.09. The summed E-state index contributed by atoms with van der Waals surface area (Å²) in [6, 6.07) is 9.32. The molecule has 0 aliphatic heterocycles. The second-order valence-corrected chi connectivity index (χ2v) is 5.44. The lowest BCUT2D eigenvalue weighted by atomic mass is 9.93. The van der Waals surface area contributed by atoms with E-state index >= 15 is 0 Å². The van der Waals surface area contributed by atoms with Gasteiger partial charge in [0.15, 0.2) is 0 Å². The molecule has 2 rings (SSSR count). The molecule has 5 heteroatoms. The molecule has 0 saturated heterocycles. The van der Waals surface area contributed by atoms with Gasteiger partial charge in [0.25, 0.3) is 0 Å². The normalized spacial score (nSPS) is 12.4. The molecule has 0 amide bonds. The molecule has 0 saturated carbocycles. The molecule has 2 N–H and O–H groups in total. The van der Waals surface area contributed by atoms with Crippen LogP contribution in [0.15, 0.2) is 36.5 Å². The topological polar surface area (TPSA) is 38.9 Å². The molecule has 1 aromatic carbocycles. The molecule has 19 heavy (non-hydrogen) atoms. The smallest absolute Gasteiger partial charge is 0.129 e. The van der Waals surface area contributed by atoms with E-state index in [4.69, 9.17) is 40.5 Å². The molecule has 1 aromatic heterocycles. The van der Waals surface area contributed by atoms with Crippen LogP contribution in [-0.2, 0) is 6.42 Å². The lowest BCUT2D eigenvalue weighted by molar-refractivity contribution is 0.691. The van der Waals surface area contributed by atoms with Gasteiger partial charge in [-0.25, -0.2) is 4.98 Å². The second kappa shape index (κ2) is 6.58. The van der Waals surface area contributed by atoms with Gasteiger partial charge >= 0.3 is 0 Å². The van der Waals surface area contributed by atoms with Gasteiger partial charge in [-0.1, -0.05) is 53.0 Å². The number of nitrogens with two attached hydrogens (primary N) is 1. The third kappa shape index (κ3) is 3.61. The number of hydrogen-bond donors (Lipinski definition) is 1. The Morgan fingerprint density at radius 3 is 2.53 bits per heavy atom. The van der Waals surface area contributed by atoms with Crippen molar-refractivity contribution in [2.24, 2.45) is 5.73 Å². The zero-order valence-electron chi connectivity index (χ0n) is 10.1. The average Bonchev–Trinajstić information content (AvgIpc) is 2.42. The summed E-state index contributed by atoms with van der Waals surface area (Å²) in [7, 11) is 0. The number of hydrogen-bond acceptors (Lipinski definition) is 2. The van der Waals surface area contributed by atoms with Crippen molar-refractivity contribution in [2.75, 3.05) is 6.54 Å². The van der Waals surface area contributed by atoms with Gasteiger partial charge in [0.05, 0.1) is 10.0 Å². The van der Waals surface area contributed by atoms with Gasteiger partial charge in [0.2, 0.25) is 0 Å². The maximum absolute atomic E-state index is 6.20. The predicted octanol–water partition coefficient (Wildman–Crippen LogP) is 4.33. The fourth-order valence-corrected chi connectivity index (χ4v) is 2.45. The van der Waals surface area contributed by atoms with Crippen molar-refractivity contribution in [2.45, 2.75) is 12.3 Å². The largest absolute Gasteiger partial charge is 0.330 e. The summed E-state index contributed by atoms with van der Waals surface area (Å²) in [6.45, 7) is 0.506. The van der Waals surface area contributed by atoms with E-state index in [-0.39, 0.29) is 5.92 Å². The molecule has 2 nitrogen and oxygen atoms in total. The molecule has 100 valence electrons. The van der Waals surface area contributed by atoms with Crippen LogP contribution < -0.4 is 5.73 Å². The quantitative estimate of drug-likeness (QED) is 0.853. The number of aromatic nitrogens is 1. The van der Waals surface area contributed by atoms with Crippen molar-refractivity contribution in [1.29, 1.82) is 0 Å². The van der Waals surface area contributed by atoms with Crippen molar-refractivity contribution in [3.8, 4) is 0 Å². The molecule has 0 spiro atoms. The van der Waals surface area contributed by atoms with Crippen LogP contribution in [0, 0.1) is 0 Å². The van der Waals surface area contributed by atoms with Gasteiger partial charge in [0, 0.05) is 12.1 Å². The first kappa shape index (κ1) is 14.6. The van der Waals surface area contributed by atoms with Crippen LogP contribution >= 0.6 is 34.8 Å². The highest BCUT2D eigenvalue weighted by Crippen LogP contribution is 2.29. The third-order valence-electron chi connectivity index (χ3n) is 3.00. The van der Waals surface area contributed by atoms with Crippen LogP contribution in [0.4, 0.5) is 0 Å². The van der Waals surface area contributed by atoms with E-state index in [1.54, 1.807) is 18.3 Å². The minimum absolute atomic E-state index is 0.140. The van der Waals surface area contributed by atoms with E-state index in [9.17, 15) is 0 Å². The zero-order valence-corrected chi connectivity index (χ0v) is 12.4. The summed E-state index contributed by atoms with van der Waals surface area (Å²) < 4.78 is 0. The number of nitrogens with zero attached hydrogens (tertiary/aromatic N) is 1. The summed E-state index contributed by atoms with van der Waals surface area (Å²) in [5, 5.41) is 1.62. The van der Waals surface area contributed by atoms with Crippen molar-refractivity contribution < 1.29 is 0 Å². The molecule has 1 heterocycles. The highest BCUT2D eigenvalue weighted by molar-refractivity contribution is 6.42. The molecule has 0 radical (unpaired) electrons. The molecule has 0 bridgehead atoms. The summed E-state index contributed by atoms with van der Waals surface area (Å²) in [6.07, 6.45) is 2.47. The van der Waals surface area contributed by atoms with E-state index in [2.05, 4.69) is 4.98 Å². The van der Waals surface area contributed by atoms with Gasteiger partial charge < -0.3 is 5.73 Å². The maximum Gasteiger partial charge on any atom is 0.129 e. The lowest BCUT2D eigenvalue weighted by Gasteiger charge is -2.16. The molecule has 0 fully saturated rings. The highest BCUT2D eigenvalue weighted by atomic mass is 35.5. The average molecular weight is 316 g/mol. The fourth-order valence-electron chi connectivity index (χ4n) is 1.94. The number of pyridine rings is 1. The molecule has 0 aliphatic rings. The first-order valence-corrected chi connectivity index (χ1v) is 6.99. The number of benzene rings is 1. The predicted molar refractivity (Wildman–Crippen MR) is 81.2 cm³/mol. The molecule has 1 atom stereocenters. The molecule has 0 aliphatic carbocycles. The van der Waals surface area contributed by atoms with Gasteiger partial charge in [-0.05, 0) is 36.2 Å². The minimum atomic E-state index is 0.140. The Kier molecular flexibility index (Phi) is 5.06. The van der Waals surface area contributed by atoms with Crippen molar-refractivity contribution in [1.82, 2.24) is 4.98 Å². The van der Waals surface area contributed by atoms with Crippen LogP contribution in [0.1, 0.15) is 17.0 Å². The van der Waals surface area contributed by atoms with Gasteiger partial charge in [-0.15, -0.1) is 0 Å². The molecule has 1 unspecified atom stereocenters. The summed E-state index contributed by atoms with van der Waals surface area (Å²) in [4.78, 5) is 4.08. The highest BCUT2D eigenvalue weighted by Gasteiger charge is 2.14. The lowest BCUT2D eigenvalue weighted by Crippen LogP contribution is -2.15. The van der Waals surface area contributed by atoms with Crippen LogP contribution in [0.25, 0.3) is 0 Å². The summed E-state index contributed by atoms with van der Waals surface area (Å²) in [5.74, 6) is 0.140. The molecular weight excluding hydrogens is 303 g/mol. The summed E-state index contributed by atoms with van der Waals surface area (Å²) >= 11 is 18.0. The number of rotatable bonds is 4. The Balaban J connectivity index is 2.24.